The van der Waals surface area contributed by atoms with Gasteiger partial charge < -0.3 is 10.5 Å². The highest BCUT2D eigenvalue weighted by atomic mass is 19.1. The summed E-state index contributed by atoms with van der Waals surface area (Å²) in [5, 5.41) is 8.68. The van der Waals surface area contributed by atoms with E-state index in [0.29, 0.717) is 12.8 Å². The van der Waals surface area contributed by atoms with Crippen molar-refractivity contribution >= 4 is 5.91 Å². The van der Waals surface area contributed by atoms with Crippen molar-refractivity contribution in [1.82, 2.24) is 0 Å². The van der Waals surface area contributed by atoms with Crippen LogP contribution >= 0.6 is 0 Å². The summed E-state index contributed by atoms with van der Waals surface area (Å²) in [5.41, 5.74) is 6.31. The molecule has 1 unspecified atom stereocenters. The van der Waals surface area contributed by atoms with Crippen molar-refractivity contribution in [2.45, 2.75) is 18.9 Å². The van der Waals surface area contributed by atoms with Gasteiger partial charge in [-0.3, -0.25) is 4.79 Å². The third kappa shape index (κ3) is 4.06. The van der Waals surface area contributed by atoms with Gasteiger partial charge in [-0.2, -0.15) is 5.26 Å². The van der Waals surface area contributed by atoms with E-state index in [1.807, 2.05) is 30.3 Å². The fourth-order valence-corrected chi connectivity index (χ4v) is 2.03. The van der Waals surface area contributed by atoms with Crippen LogP contribution < -0.4 is 10.5 Å². The van der Waals surface area contributed by atoms with E-state index in [1.54, 1.807) is 6.07 Å². The predicted molar refractivity (Wildman–Crippen MR) is 79.5 cm³/mol. The third-order valence-corrected chi connectivity index (χ3v) is 3.19. The number of aryl methyl sites for hydroxylation is 1. The SMILES string of the molecule is N#Cc1ccc(OC(CCc2ccccc2)C(N)=O)cc1F. The van der Waals surface area contributed by atoms with Crippen molar-refractivity contribution in [3.8, 4) is 11.8 Å². The number of primary amides is 1. The van der Waals surface area contributed by atoms with Gasteiger partial charge in [-0.1, -0.05) is 30.3 Å². The second kappa shape index (κ2) is 7.23. The van der Waals surface area contributed by atoms with E-state index in [0.717, 1.165) is 11.6 Å². The first-order chi connectivity index (χ1) is 10.6. The minimum absolute atomic E-state index is 0.0766. The van der Waals surface area contributed by atoms with Gasteiger partial charge in [0.05, 0.1) is 5.56 Å². The lowest BCUT2D eigenvalue weighted by Crippen LogP contribution is -2.34. The summed E-state index contributed by atoms with van der Waals surface area (Å²) in [6, 6.07) is 15.2. The topological polar surface area (TPSA) is 76.1 Å². The summed E-state index contributed by atoms with van der Waals surface area (Å²) in [7, 11) is 0. The minimum Gasteiger partial charge on any atom is -0.480 e. The summed E-state index contributed by atoms with van der Waals surface area (Å²) in [5.74, 6) is -1.12. The van der Waals surface area contributed by atoms with E-state index in [9.17, 15) is 9.18 Å². The molecule has 22 heavy (non-hydrogen) atoms. The van der Waals surface area contributed by atoms with Gasteiger partial charge in [0.2, 0.25) is 0 Å². The van der Waals surface area contributed by atoms with Crippen molar-refractivity contribution in [2.24, 2.45) is 5.73 Å². The van der Waals surface area contributed by atoms with Gasteiger partial charge in [-0.05, 0) is 30.5 Å². The first-order valence-electron chi connectivity index (χ1n) is 6.79. The molecule has 0 heterocycles. The zero-order valence-corrected chi connectivity index (χ0v) is 11.8. The summed E-state index contributed by atoms with van der Waals surface area (Å²) >= 11 is 0. The zero-order chi connectivity index (χ0) is 15.9. The van der Waals surface area contributed by atoms with Crippen LogP contribution in [0.2, 0.25) is 0 Å². The Morgan fingerprint density at radius 1 is 1.27 bits per heavy atom. The number of rotatable bonds is 6. The van der Waals surface area contributed by atoms with Gasteiger partial charge in [0.15, 0.2) is 6.10 Å². The van der Waals surface area contributed by atoms with Crippen LogP contribution in [0.3, 0.4) is 0 Å². The molecule has 2 aromatic rings. The third-order valence-electron chi connectivity index (χ3n) is 3.19. The highest BCUT2D eigenvalue weighted by Gasteiger charge is 2.18. The fourth-order valence-electron chi connectivity index (χ4n) is 2.03. The van der Waals surface area contributed by atoms with Gasteiger partial charge in [-0.15, -0.1) is 0 Å². The highest BCUT2D eigenvalue weighted by Crippen LogP contribution is 2.19. The molecule has 0 spiro atoms. The maximum Gasteiger partial charge on any atom is 0.258 e. The van der Waals surface area contributed by atoms with Crippen LogP contribution in [0.5, 0.6) is 5.75 Å². The van der Waals surface area contributed by atoms with Gasteiger partial charge in [0.1, 0.15) is 17.6 Å². The maximum absolute atomic E-state index is 13.5. The number of carbonyl (C=O) groups excluding carboxylic acids is 1. The second-order valence-corrected chi connectivity index (χ2v) is 4.79. The molecule has 2 rings (SSSR count). The fraction of sp³-hybridized carbons (Fsp3) is 0.176. The number of halogens is 1. The minimum atomic E-state index is -0.854. The van der Waals surface area contributed by atoms with E-state index in [-0.39, 0.29) is 11.3 Å². The summed E-state index contributed by atoms with van der Waals surface area (Å²) in [6.45, 7) is 0. The average molecular weight is 298 g/mol. The average Bonchev–Trinajstić information content (AvgIpc) is 2.52. The van der Waals surface area contributed by atoms with Crippen LogP contribution in [0, 0.1) is 17.1 Å². The van der Waals surface area contributed by atoms with E-state index < -0.39 is 17.8 Å². The number of ether oxygens (including phenoxy) is 1. The lowest BCUT2D eigenvalue weighted by atomic mass is 10.1. The number of hydrogen-bond acceptors (Lipinski definition) is 3. The lowest BCUT2D eigenvalue weighted by molar-refractivity contribution is -0.124. The monoisotopic (exact) mass is 298 g/mol. The Kier molecular flexibility index (Phi) is 5.10. The molecule has 0 fully saturated rings. The molecule has 4 nitrogen and oxygen atoms in total. The molecule has 0 bridgehead atoms. The van der Waals surface area contributed by atoms with Gasteiger partial charge in [0.25, 0.3) is 5.91 Å². The second-order valence-electron chi connectivity index (χ2n) is 4.79. The van der Waals surface area contributed by atoms with Crippen LogP contribution in [0.1, 0.15) is 17.5 Å². The largest absolute Gasteiger partial charge is 0.480 e. The number of hydrogen-bond donors (Lipinski definition) is 1. The Hall–Kier alpha value is -2.87. The lowest BCUT2D eigenvalue weighted by Gasteiger charge is -2.16. The quantitative estimate of drug-likeness (QED) is 0.890. The molecule has 2 N–H and O–H groups in total. The van der Waals surface area contributed by atoms with E-state index in [2.05, 4.69) is 0 Å². The number of benzene rings is 2. The van der Waals surface area contributed by atoms with Crippen LogP contribution in [0.25, 0.3) is 0 Å². The van der Waals surface area contributed by atoms with Gasteiger partial charge in [-0.25, -0.2) is 4.39 Å². The first kappa shape index (κ1) is 15.5. The van der Waals surface area contributed by atoms with Gasteiger partial charge in [0, 0.05) is 6.07 Å². The summed E-state index contributed by atoms with van der Waals surface area (Å²) < 4.78 is 19.0. The van der Waals surface area contributed by atoms with E-state index in [4.69, 9.17) is 15.7 Å². The number of nitrogens with two attached hydrogens (primary N) is 1. The van der Waals surface area contributed by atoms with Crippen molar-refractivity contribution in [2.75, 3.05) is 0 Å². The molecule has 0 saturated heterocycles. The molecular weight excluding hydrogens is 283 g/mol. The molecule has 112 valence electrons. The van der Waals surface area contributed by atoms with Crippen molar-refractivity contribution in [3.05, 3.63) is 65.5 Å². The van der Waals surface area contributed by atoms with Crippen LogP contribution in [-0.2, 0) is 11.2 Å². The maximum atomic E-state index is 13.5. The predicted octanol–water partition coefficient (Wildman–Crippen LogP) is 2.56. The number of nitrogens with zero attached hydrogens (tertiary/aromatic N) is 1. The molecule has 1 atom stereocenters. The Labute approximate surface area is 127 Å². The number of carbonyl (C=O) groups is 1. The molecule has 2 aromatic carbocycles. The Bertz CT molecular complexity index is 696. The molecular formula is C17H15FN2O2. The Morgan fingerprint density at radius 3 is 2.59 bits per heavy atom. The Morgan fingerprint density at radius 2 is 2.00 bits per heavy atom. The van der Waals surface area contributed by atoms with Crippen LogP contribution in [0.15, 0.2) is 48.5 Å². The Balaban J connectivity index is 2.04. The van der Waals surface area contributed by atoms with E-state index >= 15 is 0 Å². The summed E-state index contributed by atoms with van der Waals surface area (Å²) in [4.78, 5) is 11.5. The molecule has 0 saturated carbocycles. The van der Waals surface area contributed by atoms with Crippen LogP contribution in [0.4, 0.5) is 4.39 Å². The first-order valence-corrected chi connectivity index (χ1v) is 6.79. The van der Waals surface area contributed by atoms with Crippen molar-refractivity contribution in [3.63, 3.8) is 0 Å². The number of nitriles is 1. The molecule has 0 aliphatic rings. The van der Waals surface area contributed by atoms with Crippen molar-refractivity contribution in [1.29, 1.82) is 5.26 Å². The normalized spacial score (nSPS) is 11.5. The number of amides is 1. The molecule has 0 aliphatic carbocycles. The van der Waals surface area contributed by atoms with Gasteiger partial charge >= 0.3 is 0 Å². The standard InChI is InChI=1S/C17H15FN2O2/c18-15-10-14(8-7-13(15)11-19)22-16(17(20)21)9-6-12-4-2-1-3-5-12/h1-5,7-8,10,16H,6,9H2,(H2,20,21). The molecule has 0 aromatic heterocycles. The van der Waals surface area contributed by atoms with Crippen LogP contribution in [-0.4, -0.2) is 12.0 Å². The summed E-state index contributed by atoms with van der Waals surface area (Å²) in [6.07, 6.45) is 0.154. The molecule has 0 radical (unpaired) electrons. The van der Waals surface area contributed by atoms with E-state index in [1.165, 1.54) is 12.1 Å². The molecule has 5 heteroatoms. The highest BCUT2D eigenvalue weighted by molar-refractivity contribution is 5.79. The zero-order valence-electron chi connectivity index (χ0n) is 11.8. The molecule has 0 aliphatic heterocycles. The van der Waals surface area contributed by atoms with Crippen molar-refractivity contribution < 1.29 is 13.9 Å². The smallest absolute Gasteiger partial charge is 0.258 e. The molecule has 1 amide bonds.